The van der Waals surface area contributed by atoms with Gasteiger partial charge in [0.05, 0.1) is 11.0 Å². The number of hydrogen-bond acceptors (Lipinski definition) is 0. The summed E-state index contributed by atoms with van der Waals surface area (Å²) in [6, 6.07) is 43.7. The fraction of sp³-hybridized carbons (Fsp3) is 0.311. The van der Waals surface area contributed by atoms with Crippen LogP contribution in [0.2, 0.25) is 0 Å². The van der Waals surface area contributed by atoms with E-state index in [2.05, 4.69) is 222 Å². The van der Waals surface area contributed by atoms with Gasteiger partial charge in [0.2, 0.25) is 0 Å². The van der Waals surface area contributed by atoms with E-state index in [1.54, 1.807) is 0 Å². The minimum atomic E-state index is -0.0753. The summed E-state index contributed by atoms with van der Waals surface area (Å²) in [5.41, 5.74) is 26.6. The van der Waals surface area contributed by atoms with Gasteiger partial charge in [0.1, 0.15) is 0 Å². The Kier molecular flexibility index (Phi) is 8.42. The normalized spacial score (nSPS) is 13.8. The molecule has 3 heteroatoms. The smallest absolute Gasteiger partial charge is 0.333 e. The van der Waals surface area contributed by atoms with Gasteiger partial charge in [-0.05, 0) is 163 Å². The number of rotatable bonds is 2. The summed E-state index contributed by atoms with van der Waals surface area (Å²) in [4.78, 5) is 0. The van der Waals surface area contributed by atoms with E-state index in [-0.39, 0.29) is 28.5 Å². The fourth-order valence-electron chi connectivity index (χ4n) is 11.6. The first-order valence-electron chi connectivity index (χ1n) is 23.6. The zero-order chi connectivity index (χ0) is 45.3. The molecule has 2 aliphatic rings. The van der Waals surface area contributed by atoms with Crippen LogP contribution in [0.15, 0.2) is 109 Å². The Morgan fingerprint density at radius 3 is 1.52 bits per heavy atom. The van der Waals surface area contributed by atoms with Crippen LogP contribution in [0.5, 0.6) is 0 Å². The van der Waals surface area contributed by atoms with Crippen molar-refractivity contribution < 1.29 is 0 Å². The molecule has 2 nitrogen and oxygen atoms in total. The van der Waals surface area contributed by atoms with Crippen molar-refractivity contribution in [1.29, 1.82) is 0 Å². The highest BCUT2D eigenvalue weighted by Gasteiger charge is 2.44. The Morgan fingerprint density at radius 1 is 0.422 bits per heavy atom. The van der Waals surface area contributed by atoms with Crippen LogP contribution in [0, 0.1) is 20.8 Å². The van der Waals surface area contributed by atoms with Crippen LogP contribution in [0.1, 0.15) is 122 Å². The maximum Gasteiger partial charge on any atom is 0.333 e. The largest absolute Gasteiger partial charge is 0.375 e. The number of aromatic nitrogens is 2. The van der Waals surface area contributed by atoms with Gasteiger partial charge in [0.15, 0.2) is 0 Å². The highest BCUT2D eigenvalue weighted by molar-refractivity contribution is 6.90. The van der Waals surface area contributed by atoms with E-state index < -0.39 is 0 Å². The molecule has 64 heavy (non-hydrogen) atoms. The molecular weight excluding hydrogens is 771 g/mol. The molecule has 0 saturated carbocycles. The van der Waals surface area contributed by atoms with Crippen LogP contribution in [0.4, 0.5) is 0 Å². The third-order valence-corrected chi connectivity index (χ3v) is 14.9. The van der Waals surface area contributed by atoms with E-state index in [4.69, 9.17) is 0 Å². The van der Waals surface area contributed by atoms with Gasteiger partial charge in [0.25, 0.3) is 0 Å². The first kappa shape index (κ1) is 40.9. The van der Waals surface area contributed by atoms with Crippen molar-refractivity contribution in [2.45, 2.75) is 126 Å². The zero-order valence-electron chi connectivity index (χ0n) is 40.9. The van der Waals surface area contributed by atoms with Crippen LogP contribution >= 0.6 is 0 Å². The minimum Gasteiger partial charge on any atom is -0.375 e. The van der Waals surface area contributed by atoms with E-state index in [1.807, 2.05) is 0 Å². The van der Waals surface area contributed by atoms with Gasteiger partial charge in [0, 0.05) is 43.8 Å². The fourth-order valence-corrected chi connectivity index (χ4v) is 11.6. The lowest BCUT2D eigenvalue weighted by atomic mass is 9.44. The maximum absolute atomic E-state index is 2.78. The van der Waals surface area contributed by atoms with Crippen molar-refractivity contribution in [3.05, 3.63) is 148 Å². The summed E-state index contributed by atoms with van der Waals surface area (Å²) < 4.78 is 5.47. The van der Waals surface area contributed by atoms with Gasteiger partial charge in [-0.1, -0.05) is 149 Å². The van der Waals surface area contributed by atoms with Crippen LogP contribution in [-0.4, -0.2) is 15.9 Å². The van der Waals surface area contributed by atoms with E-state index in [0.29, 0.717) is 0 Å². The molecule has 11 rings (SSSR count). The molecule has 0 saturated heterocycles. The van der Waals surface area contributed by atoms with Gasteiger partial charge in [-0.25, -0.2) is 0 Å². The van der Waals surface area contributed by atoms with E-state index in [9.17, 15) is 0 Å². The van der Waals surface area contributed by atoms with Gasteiger partial charge in [-0.2, -0.15) is 0 Å². The minimum absolute atomic E-state index is 0.00736. The van der Waals surface area contributed by atoms with E-state index >= 15 is 0 Å². The van der Waals surface area contributed by atoms with Crippen molar-refractivity contribution in [2.24, 2.45) is 0 Å². The Hall–Kier alpha value is -5.80. The summed E-state index contributed by atoms with van der Waals surface area (Å²) in [5, 5.41) is 5.39. The summed E-state index contributed by atoms with van der Waals surface area (Å²) in [6.07, 6.45) is 0. The van der Waals surface area contributed by atoms with Crippen LogP contribution in [0.25, 0.3) is 82.7 Å². The van der Waals surface area contributed by atoms with Crippen molar-refractivity contribution >= 4 is 61.4 Å². The summed E-state index contributed by atoms with van der Waals surface area (Å²) in [6.45, 7) is 35.2. The molecule has 0 unspecified atom stereocenters. The topological polar surface area (TPSA) is 9.86 Å². The third kappa shape index (κ3) is 5.78. The molecule has 0 spiro atoms. The first-order chi connectivity index (χ1) is 30.0. The number of benzene rings is 7. The molecule has 0 N–H and O–H groups in total. The molecule has 320 valence electrons. The molecule has 0 radical (unpaired) electrons. The quantitative estimate of drug-likeness (QED) is 0.154. The highest BCUT2D eigenvalue weighted by Crippen LogP contribution is 2.52. The van der Waals surface area contributed by atoms with Gasteiger partial charge in [-0.15, -0.1) is 0 Å². The van der Waals surface area contributed by atoms with E-state index in [0.717, 1.165) is 0 Å². The number of hydrogen-bond donors (Lipinski definition) is 0. The monoisotopic (exact) mass is 835 g/mol. The summed E-state index contributed by atoms with van der Waals surface area (Å²) in [7, 11) is 0. The predicted octanol–water partition coefficient (Wildman–Crippen LogP) is 15.3. The average Bonchev–Trinajstić information content (AvgIpc) is 3.72. The van der Waals surface area contributed by atoms with Gasteiger partial charge < -0.3 is 9.05 Å². The second kappa shape index (κ2) is 13.2. The molecule has 0 bridgehead atoms. The summed E-state index contributed by atoms with van der Waals surface area (Å²) in [5.74, 6) is 0. The molecule has 0 aliphatic carbocycles. The van der Waals surface area contributed by atoms with Crippen LogP contribution < -0.4 is 10.9 Å². The number of fused-ring (bicyclic) bond motifs is 10. The third-order valence-electron chi connectivity index (χ3n) is 14.9. The number of nitrogens with zero attached hydrogens (tertiary/aromatic N) is 2. The van der Waals surface area contributed by atoms with Crippen LogP contribution in [0.3, 0.4) is 0 Å². The Labute approximate surface area is 381 Å². The SMILES string of the molecule is Cc1cc(C)c(-c2cc3c4c(c2-c2ccccc2)-c2cc(C(C)(C)C)cc5c6cc(C(C)(C)C)ccc6n(c25)B4c2cc(C(C)(C)C)cc4c5cc(C(C)(C)C)ccc5n-3c24)c(C)c1. The van der Waals surface area contributed by atoms with Crippen molar-refractivity contribution in [3.8, 4) is 39.1 Å². The molecular formula is C61H63BN2. The molecule has 0 amide bonds. The summed E-state index contributed by atoms with van der Waals surface area (Å²) >= 11 is 0. The van der Waals surface area contributed by atoms with Gasteiger partial charge in [-0.3, -0.25) is 0 Å². The standard InChI is InChI=1S/C61H63BN2/c1-34-25-35(2)52(36(3)26-34)46-33-51-55-54(53(46)37-19-17-16-18-20-37)47-31-40(60(10,11)12)29-44-43-28-39(59(7,8)9)22-24-50(43)64(56(44)47)62(55)48-32-41(61(13,14)15)30-45-42-27-38(58(4,5)6)21-23-49(42)63(51)57(45)48/h16-33H,1-15H3. The predicted molar refractivity (Wildman–Crippen MR) is 280 cm³/mol. The van der Waals surface area contributed by atoms with Gasteiger partial charge >= 0.3 is 6.85 Å². The molecule has 9 aromatic rings. The first-order valence-corrected chi connectivity index (χ1v) is 23.6. The second-order valence-corrected chi connectivity index (χ2v) is 23.7. The lowest BCUT2D eigenvalue weighted by Crippen LogP contribution is -2.55. The molecule has 0 atom stereocenters. The molecule has 7 aromatic carbocycles. The molecule has 2 aliphatic heterocycles. The Balaban J connectivity index is 1.45. The number of aryl methyl sites for hydroxylation is 3. The van der Waals surface area contributed by atoms with Crippen molar-refractivity contribution in [1.82, 2.24) is 9.05 Å². The highest BCUT2D eigenvalue weighted by atomic mass is 15.0. The average molecular weight is 835 g/mol. The maximum atomic E-state index is 2.78. The van der Waals surface area contributed by atoms with Crippen LogP contribution in [-0.2, 0) is 21.7 Å². The lowest BCUT2D eigenvalue weighted by molar-refractivity contribution is 0.590. The zero-order valence-corrected chi connectivity index (χ0v) is 40.9. The van der Waals surface area contributed by atoms with E-state index in [1.165, 1.54) is 133 Å². The van der Waals surface area contributed by atoms with Crippen molar-refractivity contribution in [3.63, 3.8) is 0 Å². The molecule has 4 heterocycles. The molecule has 2 aromatic heterocycles. The van der Waals surface area contributed by atoms with Crippen molar-refractivity contribution in [2.75, 3.05) is 0 Å². The molecule has 0 fully saturated rings. The Morgan fingerprint density at radius 2 is 0.938 bits per heavy atom. The lowest BCUT2D eigenvalue weighted by Gasteiger charge is -2.37. The second-order valence-electron chi connectivity index (χ2n) is 23.7. The Bertz CT molecular complexity index is 3460.